The molecule has 3 rings (SSSR count). The van der Waals surface area contributed by atoms with Crippen LogP contribution in [0.4, 0.5) is 0 Å². The maximum absolute atomic E-state index is 12.7. The van der Waals surface area contributed by atoms with Crippen molar-refractivity contribution in [1.82, 2.24) is 10.0 Å². The molecule has 2 saturated heterocycles. The fourth-order valence-corrected chi connectivity index (χ4v) is 5.45. The number of halogens is 1. The van der Waals surface area contributed by atoms with Crippen molar-refractivity contribution < 1.29 is 8.42 Å². The van der Waals surface area contributed by atoms with Crippen LogP contribution in [0.1, 0.15) is 44.6 Å². The number of benzene rings is 1. The smallest absolute Gasteiger partial charge is 0.242 e. The summed E-state index contributed by atoms with van der Waals surface area (Å²) in [5.74, 6) is 0. The topological polar surface area (TPSA) is 58.2 Å². The van der Waals surface area contributed by atoms with Crippen LogP contribution in [0.25, 0.3) is 0 Å². The first-order chi connectivity index (χ1) is 10.5. The summed E-state index contributed by atoms with van der Waals surface area (Å²) in [6, 6.07) is 6.21. The van der Waals surface area contributed by atoms with Crippen LogP contribution in [0.5, 0.6) is 0 Å². The molecule has 122 valence electrons. The number of aryl methyl sites for hydroxylation is 1. The molecule has 0 saturated carbocycles. The minimum atomic E-state index is -3.56. The molecule has 0 aliphatic carbocycles. The Balaban J connectivity index is 1.79. The molecule has 1 aromatic rings. The highest BCUT2D eigenvalue weighted by atomic mass is 35.5. The molecule has 2 heterocycles. The van der Waals surface area contributed by atoms with E-state index in [1.54, 1.807) is 12.1 Å². The highest BCUT2D eigenvalue weighted by Crippen LogP contribution is 2.29. The first kappa shape index (κ1) is 16.2. The highest BCUT2D eigenvalue weighted by molar-refractivity contribution is 7.89. The third-order valence-corrected chi connectivity index (χ3v) is 6.62. The van der Waals surface area contributed by atoms with Gasteiger partial charge in [-0.3, -0.25) is 0 Å². The normalized spacial score (nSPS) is 28.0. The lowest BCUT2D eigenvalue weighted by Gasteiger charge is -2.29. The Morgan fingerprint density at radius 3 is 2.59 bits per heavy atom. The zero-order valence-electron chi connectivity index (χ0n) is 12.8. The van der Waals surface area contributed by atoms with Crippen LogP contribution >= 0.6 is 11.6 Å². The quantitative estimate of drug-likeness (QED) is 0.865. The summed E-state index contributed by atoms with van der Waals surface area (Å²) in [5.41, 5.74) is 1.01. The summed E-state index contributed by atoms with van der Waals surface area (Å²) in [5, 5.41) is 3.82. The molecule has 1 aromatic carbocycles. The van der Waals surface area contributed by atoms with Gasteiger partial charge in [0.2, 0.25) is 10.0 Å². The summed E-state index contributed by atoms with van der Waals surface area (Å²) < 4.78 is 28.3. The molecular weight excluding hydrogens is 320 g/mol. The van der Waals surface area contributed by atoms with Gasteiger partial charge in [0.15, 0.2) is 0 Å². The summed E-state index contributed by atoms with van der Waals surface area (Å²) in [7, 11) is -3.56. The average molecular weight is 343 g/mol. The van der Waals surface area contributed by atoms with Gasteiger partial charge in [-0.2, -0.15) is 0 Å². The number of fused-ring (bicyclic) bond motifs is 2. The predicted molar refractivity (Wildman–Crippen MR) is 88.7 cm³/mol. The fraction of sp³-hybridized carbons (Fsp3) is 0.625. The van der Waals surface area contributed by atoms with Crippen LogP contribution in [-0.4, -0.2) is 26.5 Å². The molecule has 0 amide bonds. The number of nitrogens with one attached hydrogen (secondary N) is 2. The number of rotatable bonds is 5. The van der Waals surface area contributed by atoms with Gasteiger partial charge in [-0.15, -0.1) is 0 Å². The van der Waals surface area contributed by atoms with E-state index in [1.165, 1.54) is 0 Å². The molecule has 2 N–H and O–H groups in total. The third kappa shape index (κ3) is 3.48. The van der Waals surface area contributed by atoms with Crippen LogP contribution in [-0.2, 0) is 16.4 Å². The SMILES string of the molecule is CCCc1ccc(Cl)c(S(=O)(=O)NC2CC3CCC(C2)N3)c1. The summed E-state index contributed by atoms with van der Waals surface area (Å²) >= 11 is 6.14. The second-order valence-electron chi connectivity index (χ2n) is 6.44. The molecule has 6 heteroatoms. The molecule has 2 fully saturated rings. The monoisotopic (exact) mass is 342 g/mol. The molecular formula is C16H23ClN2O2S. The molecule has 2 aliphatic rings. The van der Waals surface area contributed by atoms with E-state index in [4.69, 9.17) is 11.6 Å². The molecule has 2 atom stereocenters. The van der Waals surface area contributed by atoms with E-state index in [0.717, 1.165) is 44.1 Å². The molecule has 4 nitrogen and oxygen atoms in total. The lowest BCUT2D eigenvalue weighted by Crippen LogP contribution is -2.47. The van der Waals surface area contributed by atoms with Crippen molar-refractivity contribution in [3.63, 3.8) is 0 Å². The molecule has 2 aliphatic heterocycles. The Morgan fingerprint density at radius 2 is 1.95 bits per heavy atom. The fourth-order valence-electron chi connectivity index (χ4n) is 3.63. The van der Waals surface area contributed by atoms with Gasteiger partial charge in [0, 0.05) is 18.1 Å². The van der Waals surface area contributed by atoms with Crippen molar-refractivity contribution in [2.75, 3.05) is 0 Å². The van der Waals surface area contributed by atoms with Crippen molar-refractivity contribution in [3.8, 4) is 0 Å². The van der Waals surface area contributed by atoms with E-state index in [9.17, 15) is 8.42 Å². The summed E-state index contributed by atoms with van der Waals surface area (Å²) in [6.07, 6.45) is 5.86. The van der Waals surface area contributed by atoms with Crippen molar-refractivity contribution in [2.45, 2.75) is 68.5 Å². The first-order valence-electron chi connectivity index (χ1n) is 8.04. The molecule has 0 spiro atoms. The van der Waals surface area contributed by atoms with Gasteiger partial charge < -0.3 is 5.32 Å². The van der Waals surface area contributed by atoms with Gasteiger partial charge in [-0.05, 0) is 49.8 Å². The number of hydrogen-bond acceptors (Lipinski definition) is 3. The highest BCUT2D eigenvalue weighted by Gasteiger charge is 2.35. The zero-order chi connectivity index (χ0) is 15.7. The van der Waals surface area contributed by atoms with Crippen LogP contribution in [0.15, 0.2) is 23.1 Å². The summed E-state index contributed by atoms with van der Waals surface area (Å²) in [4.78, 5) is 0.214. The van der Waals surface area contributed by atoms with E-state index in [-0.39, 0.29) is 10.9 Å². The van der Waals surface area contributed by atoms with E-state index in [1.807, 2.05) is 6.07 Å². The van der Waals surface area contributed by atoms with E-state index >= 15 is 0 Å². The Bertz CT molecular complexity index is 636. The predicted octanol–water partition coefficient (Wildman–Crippen LogP) is 2.85. The van der Waals surface area contributed by atoms with Gasteiger partial charge >= 0.3 is 0 Å². The Morgan fingerprint density at radius 1 is 1.27 bits per heavy atom. The van der Waals surface area contributed by atoms with E-state index < -0.39 is 10.0 Å². The van der Waals surface area contributed by atoms with Crippen molar-refractivity contribution in [1.29, 1.82) is 0 Å². The number of hydrogen-bond donors (Lipinski definition) is 2. The lowest BCUT2D eigenvalue weighted by molar-refractivity contribution is 0.345. The minimum absolute atomic E-state index is 0.00893. The van der Waals surface area contributed by atoms with Crippen molar-refractivity contribution in [3.05, 3.63) is 28.8 Å². The maximum atomic E-state index is 12.7. The molecule has 0 radical (unpaired) electrons. The molecule has 2 bridgehead atoms. The van der Waals surface area contributed by atoms with Gasteiger partial charge in [-0.25, -0.2) is 13.1 Å². The van der Waals surface area contributed by atoms with Gasteiger partial charge in [0.05, 0.1) is 5.02 Å². The Hall–Kier alpha value is -0.620. The van der Waals surface area contributed by atoms with Gasteiger partial charge in [0.25, 0.3) is 0 Å². The molecule has 22 heavy (non-hydrogen) atoms. The van der Waals surface area contributed by atoms with E-state index in [2.05, 4.69) is 17.0 Å². The average Bonchev–Trinajstić information content (AvgIpc) is 2.80. The van der Waals surface area contributed by atoms with Crippen molar-refractivity contribution in [2.24, 2.45) is 0 Å². The third-order valence-electron chi connectivity index (χ3n) is 4.62. The molecule has 2 unspecified atom stereocenters. The van der Waals surface area contributed by atoms with Gasteiger partial charge in [0.1, 0.15) is 4.90 Å². The Labute approximate surface area is 137 Å². The maximum Gasteiger partial charge on any atom is 0.242 e. The Kier molecular flexibility index (Phi) is 4.78. The number of piperidine rings is 1. The van der Waals surface area contributed by atoms with Crippen LogP contribution in [0.2, 0.25) is 5.02 Å². The van der Waals surface area contributed by atoms with Crippen LogP contribution in [0, 0.1) is 0 Å². The summed E-state index contributed by atoms with van der Waals surface area (Å²) in [6.45, 7) is 2.08. The zero-order valence-corrected chi connectivity index (χ0v) is 14.4. The lowest BCUT2D eigenvalue weighted by atomic mass is 10.0. The first-order valence-corrected chi connectivity index (χ1v) is 9.91. The van der Waals surface area contributed by atoms with Crippen LogP contribution < -0.4 is 10.0 Å². The number of sulfonamides is 1. The van der Waals surface area contributed by atoms with Crippen LogP contribution in [0.3, 0.4) is 0 Å². The minimum Gasteiger partial charge on any atom is -0.311 e. The van der Waals surface area contributed by atoms with Gasteiger partial charge in [-0.1, -0.05) is 31.0 Å². The largest absolute Gasteiger partial charge is 0.311 e. The molecule has 0 aromatic heterocycles. The second-order valence-corrected chi connectivity index (χ2v) is 8.53. The standard InChI is InChI=1S/C16H23ClN2O2S/c1-2-3-11-4-7-15(17)16(8-11)22(20,21)19-14-9-12-5-6-13(10-14)18-12/h4,7-8,12-14,18-19H,2-3,5-6,9-10H2,1H3. The second kappa shape index (κ2) is 6.48. The van der Waals surface area contributed by atoms with E-state index in [0.29, 0.717) is 17.1 Å². The van der Waals surface area contributed by atoms with Crippen molar-refractivity contribution >= 4 is 21.6 Å².